The van der Waals surface area contributed by atoms with E-state index < -0.39 is 17.8 Å². The Morgan fingerprint density at radius 3 is 2.41 bits per heavy atom. The van der Waals surface area contributed by atoms with Gasteiger partial charge in [-0.2, -0.15) is 0 Å². The number of barbiturate groups is 1. The van der Waals surface area contributed by atoms with Crippen LogP contribution in [-0.2, 0) is 14.3 Å². The van der Waals surface area contributed by atoms with E-state index in [1.54, 1.807) is 19.1 Å². The molecule has 0 aliphatic carbocycles. The van der Waals surface area contributed by atoms with Crippen LogP contribution in [0.5, 0.6) is 0 Å². The van der Waals surface area contributed by atoms with Crippen molar-refractivity contribution in [2.45, 2.75) is 40.5 Å². The Balaban J connectivity index is 1.89. The zero-order valence-electron chi connectivity index (χ0n) is 18.7. The number of imide groups is 2. The van der Waals surface area contributed by atoms with Gasteiger partial charge in [0.1, 0.15) is 5.57 Å². The van der Waals surface area contributed by atoms with E-state index in [0.29, 0.717) is 17.7 Å². The third-order valence-electron chi connectivity index (χ3n) is 5.36. The van der Waals surface area contributed by atoms with Gasteiger partial charge in [-0.05, 0) is 69.2 Å². The molecule has 2 aromatic rings. The fourth-order valence-corrected chi connectivity index (χ4v) is 3.61. The summed E-state index contributed by atoms with van der Waals surface area (Å²) < 4.78 is 7.21. The Kier molecular flexibility index (Phi) is 6.92. The minimum absolute atomic E-state index is 0.0862. The first kappa shape index (κ1) is 23.0. The zero-order chi connectivity index (χ0) is 23.4. The van der Waals surface area contributed by atoms with Crippen LogP contribution < -0.4 is 5.32 Å². The van der Waals surface area contributed by atoms with E-state index in [4.69, 9.17) is 4.74 Å². The number of amides is 4. The minimum Gasteiger partial charge on any atom is -0.462 e. The molecule has 32 heavy (non-hydrogen) atoms. The van der Waals surface area contributed by atoms with Crippen LogP contribution in [0.2, 0.25) is 0 Å². The molecule has 8 heteroatoms. The molecule has 1 aromatic heterocycles. The summed E-state index contributed by atoms with van der Waals surface area (Å²) in [6.45, 7) is 8.05. The summed E-state index contributed by atoms with van der Waals surface area (Å²) in [5, 5.41) is 2.20. The zero-order valence-corrected chi connectivity index (χ0v) is 18.7. The third-order valence-corrected chi connectivity index (χ3v) is 5.36. The molecule has 1 fully saturated rings. The first-order valence-electron chi connectivity index (χ1n) is 10.6. The molecule has 1 aromatic carbocycles. The summed E-state index contributed by atoms with van der Waals surface area (Å²) in [4.78, 5) is 49.8. The van der Waals surface area contributed by atoms with Crippen molar-refractivity contribution in [2.24, 2.45) is 0 Å². The summed E-state index contributed by atoms with van der Waals surface area (Å²) in [6.07, 6.45) is 3.29. The summed E-state index contributed by atoms with van der Waals surface area (Å²) >= 11 is 0. The number of unbranched alkanes of at least 4 members (excludes halogenated alkanes) is 1. The Bertz CT molecular complexity index is 1100. The van der Waals surface area contributed by atoms with Gasteiger partial charge in [-0.25, -0.2) is 9.59 Å². The Labute approximate surface area is 186 Å². The standard InChI is InChI=1S/C24H27N3O5/c1-5-7-12-32-23(30)17-8-10-19(11-9-17)27-15(3)13-18(16(27)4)14-20-21(28)25-24(31)26(6-2)22(20)29/h8-11,13-14H,5-7,12H2,1-4H3,(H,25,28,31)/b20-14+. The van der Waals surface area contributed by atoms with Gasteiger partial charge >= 0.3 is 12.0 Å². The summed E-state index contributed by atoms with van der Waals surface area (Å²) in [7, 11) is 0. The van der Waals surface area contributed by atoms with Crippen molar-refractivity contribution in [2.75, 3.05) is 13.2 Å². The number of benzene rings is 1. The number of esters is 1. The lowest BCUT2D eigenvalue weighted by atomic mass is 10.1. The lowest BCUT2D eigenvalue weighted by molar-refractivity contribution is -0.129. The van der Waals surface area contributed by atoms with Crippen LogP contribution in [0.1, 0.15) is 54.0 Å². The van der Waals surface area contributed by atoms with Crippen LogP contribution in [0.15, 0.2) is 35.9 Å². The van der Waals surface area contributed by atoms with Crippen molar-refractivity contribution in [1.29, 1.82) is 0 Å². The van der Waals surface area contributed by atoms with Gasteiger partial charge in [0.2, 0.25) is 0 Å². The van der Waals surface area contributed by atoms with Gasteiger partial charge in [0, 0.05) is 23.6 Å². The van der Waals surface area contributed by atoms with Gasteiger partial charge in [0.05, 0.1) is 12.2 Å². The number of carbonyl (C=O) groups is 4. The molecule has 0 atom stereocenters. The molecule has 1 aliphatic heterocycles. The molecule has 1 aliphatic rings. The van der Waals surface area contributed by atoms with Gasteiger partial charge in [-0.3, -0.25) is 19.8 Å². The van der Waals surface area contributed by atoms with Crippen LogP contribution in [0.25, 0.3) is 11.8 Å². The number of ether oxygens (including phenoxy) is 1. The van der Waals surface area contributed by atoms with Crippen molar-refractivity contribution in [3.63, 3.8) is 0 Å². The molecular weight excluding hydrogens is 410 g/mol. The molecule has 1 saturated heterocycles. The van der Waals surface area contributed by atoms with Crippen LogP contribution in [0, 0.1) is 13.8 Å². The number of hydrogen-bond donors (Lipinski definition) is 1. The van der Waals surface area contributed by atoms with Crippen molar-refractivity contribution in [3.05, 3.63) is 58.4 Å². The van der Waals surface area contributed by atoms with Crippen molar-refractivity contribution < 1.29 is 23.9 Å². The molecule has 8 nitrogen and oxygen atoms in total. The molecule has 0 radical (unpaired) electrons. The maximum absolute atomic E-state index is 12.6. The lowest BCUT2D eigenvalue weighted by Crippen LogP contribution is -2.53. The maximum Gasteiger partial charge on any atom is 0.338 e. The first-order chi connectivity index (χ1) is 15.3. The average molecular weight is 437 g/mol. The number of carbonyl (C=O) groups excluding carboxylic acids is 4. The number of aryl methyl sites for hydroxylation is 1. The van der Waals surface area contributed by atoms with Crippen molar-refractivity contribution in [1.82, 2.24) is 14.8 Å². The van der Waals surface area contributed by atoms with E-state index in [0.717, 1.165) is 34.8 Å². The predicted molar refractivity (Wildman–Crippen MR) is 119 cm³/mol. The highest BCUT2D eigenvalue weighted by Crippen LogP contribution is 2.24. The highest BCUT2D eigenvalue weighted by atomic mass is 16.5. The summed E-state index contributed by atoms with van der Waals surface area (Å²) in [5.41, 5.74) is 3.61. The Morgan fingerprint density at radius 1 is 1.09 bits per heavy atom. The van der Waals surface area contributed by atoms with E-state index >= 15 is 0 Å². The summed E-state index contributed by atoms with van der Waals surface area (Å²) in [6, 6.07) is 8.22. The van der Waals surface area contributed by atoms with Crippen LogP contribution in [-0.4, -0.2) is 46.4 Å². The molecule has 2 heterocycles. The van der Waals surface area contributed by atoms with Crippen molar-refractivity contribution >= 4 is 29.9 Å². The number of nitrogens with one attached hydrogen (secondary N) is 1. The number of hydrogen-bond acceptors (Lipinski definition) is 5. The number of nitrogens with zero attached hydrogens (tertiary/aromatic N) is 2. The van der Waals surface area contributed by atoms with E-state index in [2.05, 4.69) is 5.32 Å². The van der Waals surface area contributed by atoms with Gasteiger partial charge in [-0.1, -0.05) is 13.3 Å². The number of aromatic nitrogens is 1. The second kappa shape index (κ2) is 9.64. The number of rotatable bonds is 7. The van der Waals surface area contributed by atoms with E-state index in [9.17, 15) is 19.2 Å². The fourth-order valence-electron chi connectivity index (χ4n) is 3.61. The molecule has 0 unspecified atom stereocenters. The number of likely N-dealkylation sites (N-methyl/N-ethyl adjacent to an activating group) is 1. The topological polar surface area (TPSA) is 97.7 Å². The van der Waals surface area contributed by atoms with Crippen LogP contribution in [0.4, 0.5) is 4.79 Å². The maximum atomic E-state index is 12.6. The Morgan fingerprint density at radius 2 is 1.78 bits per heavy atom. The van der Waals surface area contributed by atoms with Gasteiger partial charge in [-0.15, -0.1) is 0 Å². The summed E-state index contributed by atoms with van der Waals surface area (Å²) in [5.74, 6) is -1.68. The van der Waals surface area contributed by atoms with Crippen LogP contribution in [0.3, 0.4) is 0 Å². The van der Waals surface area contributed by atoms with Crippen molar-refractivity contribution in [3.8, 4) is 5.69 Å². The molecule has 168 valence electrons. The Hall–Kier alpha value is -3.68. The molecule has 0 bridgehead atoms. The quantitative estimate of drug-likeness (QED) is 0.309. The van der Waals surface area contributed by atoms with E-state index in [1.807, 2.05) is 43.5 Å². The van der Waals surface area contributed by atoms with E-state index in [1.165, 1.54) is 6.08 Å². The molecule has 4 amide bonds. The van der Waals surface area contributed by atoms with E-state index in [-0.39, 0.29) is 18.1 Å². The smallest absolute Gasteiger partial charge is 0.338 e. The molecular formula is C24H27N3O5. The van der Waals surface area contributed by atoms with Gasteiger partial charge in [0.15, 0.2) is 0 Å². The second-order valence-electron chi connectivity index (χ2n) is 7.56. The van der Waals surface area contributed by atoms with Crippen LogP contribution >= 0.6 is 0 Å². The largest absolute Gasteiger partial charge is 0.462 e. The molecule has 0 saturated carbocycles. The van der Waals surface area contributed by atoms with Gasteiger partial charge in [0.25, 0.3) is 11.8 Å². The molecule has 1 N–H and O–H groups in total. The SMILES string of the molecule is CCCCOC(=O)c1ccc(-n2c(C)cc(/C=C3\C(=O)NC(=O)N(CC)C3=O)c2C)cc1. The highest BCUT2D eigenvalue weighted by Gasteiger charge is 2.34. The minimum atomic E-state index is -0.710. The first-order valence-corrected chi connectivity index (χ1v) is 10.6. The molecule has 0 spiro atoms. The second-order valence-corrected chi connectivity index (χ2v) is 7.56. The number of urea groups is 1. The predicted octanol–water partition coefficient (Wildman–Crippen LogP) is 3.53. The third kappa shape index (κ3) is 4.49. The monoisotopic (exact) mass is 437 g/mol. The highest BCUT2D eigenvalue weighted by molar-refractivity contribution is 6.31. The lowest BCUT2D eigenvalue weighted by Gasteiger charge is -2.24. The average Bonchev–Trinajstić information content (AvgIpc) is 3.04. The molecule has 3 rings (SSSR count). The normalized spacial score (nSPS) is 15.3. The fraction of sp³-hybridized carbons (Fsp3) is 0.333. The van der Waals surface area contributed by atoms with Gasteiger partial charge < -0.3 is 9.30 Å².